The van der Waals surface area contributed by atoms with Crippen LogP contribution in [0.5, 0.6) is 0 Å². The fourth-order valence-corrected chi connectivity index (χ4v) is 1.70. The number of hydrogen-bond acceptors (Lipinski definition) is 3. The van der Waals surface area contributed by atoms with Crippen molar-refractivity contribution in [2.45, 2.75) is 24.8 Å². The van der Waals surface area contributed by atoms with Gasteiger partial charge < -0.3 is 21.7 Å². The molecule has 23 heavy (non-hydrogen) atoms. The van der Waals surface area contributed by atoms with Gasteiger partial charge in [-0.05, 0) is 31.0 Å². The summed E-state index contributed by atoms with van der Waals surface area (Å²) in [6.07, 6.45) is 1.93. The minimum Gasteiger partial charge on any atom is -0.346 e. The summed E-state index contributed by atoms with van der Waals surface area (Å²) in [4.78, 5) is 23.4. The van der Waals surface area contributed by atoms with Gasteiger partial charge in [-0.1, -0.05) is 6.07 Å². The van der Waals surface area contributed by atoms with Crippen molar-refractivity contribution in [2.24, 2.45) is 5.73 Å². The SMILES string of the molecule is Cl.NCC(F)(F)CNC(=O)c1cccc(NC(=O)NC2CC2)c1. The van der Waals surface area contributed by atoms with E-state index in [4.69, 9.17) is 5.73 Å². The molecule has 3 amide bonds. The first-order chi connectivity index (χ1) is 10.4. The smallest absolute Gasteiger partial charge is 0.319 e. The van der Waals surface area contributed by atoms with E-state index in [1.807, 2.05) is 0 Å². The lowest BCUT2D eigenvalue weighted by Crippen LogP contribution is -2.41. The van der Waals surface area contributed by atoms with Gasteiger partial charge in [-0.3, -0.25) is 4.79 Å². The van der Waals surface area contributed by atoms with E-state index in [9.17, 15) is 18.4 Å². The minimum absolute atomic E-state index is 0. The van der Waals surface area contributed by atoms with Crippen molar-refractivity contribution in [3.63, 3.8) is 0 Å². The second-order valence-electron chi connectivity index (χ2n) is 5.20. The largest absolute Gasteiger partial charge is 0.346 e. The molecule has 0 heterocycles. The predicted molar refractivity (Wildman–Crippen MR) is 85.2 cm³/mol. The van der Waals surface area contributed by atoms with E-state index in [1.54, 1.807) is 12.1 Å². The summed E-state index contributed by atoms with van der Waals surface area (Å²) in [7, 11) is 0. The molecule has 1 fully saturated rings. The summed E-state index contributed by atoms with van der Waals surface area (Å²) in [5.41, 5.74) is 5.49. The van der Waals surface area contributed by atoms with Crippen LogP contribution in [0.15, 0.2) is 24.3 Å². The van der Waals surface area contributed by atoms with E-state index in [2.05, 4.69) is 16.0 Å². The minimum atomic E-state index is -3.14. The molecule has 0 bridgehead atoms. The standard InChI is InChI=1S/C14H18F2N4O2.ClH/c15-14(16,7-17)8-18-12(21)9-2-1-3-11(6-9)20-13(22)19-10-4-5-10;/h1-3,6,10H,4-5,7-8,17H2,(H,18,21)(H2,19,20,22);1H. The number of alkyl halides is 2. The fraction of sp³-hybridized carbons (Fsp3) is 0.429. The lowest BCUT2D eigenvalue weighted by atomic mass is 10.2. The lowest BCUT2D eigenvalue weighted by Gasteiger charge is -2.14. The Labute approximate surface area is 138 Å². The maximum absolute atomic E-state index is 13.0. The van der Waals surface area contributed by atoms with E-state index in [0.29, 0.717) is 5.69 Å². The predicted octanol–water partition coefficient (Wildman–Crippen LogP) is 1.72. The van der Waals surface area contributed by atoms with Crippen molar-refractivity contribution in [1.29, 1.82) is 0 Å². The highest BCUT2D eigenvalue weighted by atomic mass is 35.5. The molecular formula is C14H19ClF2N4O2. The molecule has 1 saturated carbocycles. The topological polar surface area (TPSA) is 96.2 Å². The molecule has 1 aliphatic carbocycles. The van der Waals surface area contributed by atoms with E-state index < -0.39 is 24.9 Å². The Balaban J connectivity index is 0.00000264. The highest BCUT2D eigenvalue weighted by Crippen LogP contribution is 2.19. The normalized spacial score (nSPS) is 13.7. The summed E-state index contributed by atoms with van der Waals surface area (Å²) in [5.74, 6) is -3.80. The zero-order valence-electron chi connectivity index (χ0n) is 12.3. The molecule has 0 aromatic heterocycles. The van der Waals surface area contributed by atoms with Crippen LogP contribution in [0.1, 0.15) is 23.2 Å². The fourth-order valence-electron chi connectivity index (χ4n) is 1.70. The van der Waals surface area contributed by atoms with Crippen LogP contribution in [0.4, 0.5) is 19.3 Å². The molecule has 6 nitrogen and oxygen atoms in total. The van der Waals surface area contributed by atoms with Crippen molar-refractivity contribution in [3.05, 3.63) is 29.8 Å². The molecule has 1 aliphatic rings. The number of carbonyl (C=O) groups excluding carboxylic acids is 2. The van der Waals surface area contributed by atoms with Gasteiger partial charge in [-0.25, -0.2) is 13.6 Å². The molecule has 0 unspecified atom stereocenters. The first kappa shape index (κ1) is 19.1. The molecule has 1 aromatic carbocycles. The Morgan fingerprint density at radius 3 is 2.61 bits per heavy atom. The van der Waals surface area contributed by atoms with Gasteiger partial charge in [0.25, 0.3) is 11.8 Å². The third-order valence-corrected chi connectivity index (χ3v) is 3.10. The van der Waals surface area contributed by atoms with Crippen molar-refractivity contribution < 1.29 is 18.4 Å². The van der Waals surface area contributed by atoms with Crippen LogP contribution in [0, 0.1) is 0 Å². The summed E-state index contributed by atoms with van der Waals surface area (Å²) >= 11 is 0. The Hall–Kier alpha value is -1.93. The summed E-state index contributed by atoms with van der Waals surface area (Å²) < 4.78 is 26.0. The number of anilines is 1. The van der Waals surface area contributed by atoms with Gasteiger partial charge in [-0.2, -0.15) is 0 Å². The van der Waals surface area contributed by atoms with Crippen LogP contribution >= 0.6 is 12.4 Å². The molecule has 0 aliphatic heterocycles. The number of benzene rings is 1. The summed E-state index contributed by atoms with van der Waals surface area (Å²) in [6.45, 7) is -1.67. The Morgan fingerprint density at radius 2 is 2.00 bits per heavy atom. The molecular weight excluding hydrogens is 330 g/mol. The van der Waals surface area contributed by atoms with Crippen LogP contribution in [-0.2, 0) is 0 Å². The third kappa shape index (κ3) is 6.37. The van der Waals surface area contributed by atoms with Gasteiger partial charge in [0, 0.05) is 17.3 Å². The van der Waals surface area contributed by atoms with Crippen molar-refractivity contribution in [2.75, 3.05) is 18.4 Å². The van der Waals surface area contributed by atoms with Crippen LogP contribution in [0.2, 0.25) is 0 Å². The zero-order valence-corrected chi connectivity index (χ0v) is 13.1. The van der Waals surface area contributed by atoms with Crippen molar-refractivity contribution in [1.82, 2.24) is 10.6 Å². The molecule has 0 saturated heterocycles. The summed E-state index contributed by atoms with van der Waals surface area (Å²) in [6, 6.07) is 5.92. The Bertz CT molecular complexity index is 567. The van der Waals surface area contributed by atoms with Gasteiger partial charge >= 0.3 is 6.03 Å². The number of halogens is 3. The number of hydrogen-bond donors (Lipinski definition) is 4. The van der Waals surface area contributed by atoms with Crippen molar-refractivity contribution in [3.8, 4) is 0 Å². The van der Waals surface area contributed by atoms with Gasteiger partial charge in [0.2, 0.25) is 0 Å². The van der Waals surface area contributed by atoms with Crippen LogP contribution in [-0.4, -0.2) is 37.0 Å². The van der Waals surface area contributed by atoms with Gasteiger partial charge in [0.1, 0.15) is 0 Å². The van der Waals surface area contributed by atoms with Crippen LogP contribution in [0.3, 0.4) is 0 Å². The van der Waals surface area contributed by atoms with Gasteiger partial charge in [-0.15, -0.1) is 12.4 Å². The number of carbonyl (C=O) groups is 2. The second kappa shape index (κ2) is 8.07. The number of nitrogens with one attached hydrogen (secondary N) is 3. The quantitative estimate of drug-likeness (QED) is 0.630. The van der Waals surface area contributed by atoms with Crippen LogP contribution < -0.4 is 21.7 Å². The molecule has 0 spiro atoms. The monoisotopic (exact) mass is 348 g/mol. The molecule has 2 rings (SSSR count). The maximum atomic E-state index is 13.0. The highest BCUT2D eigenvalue weighted by Gasteiger charge is 2.27. The first-order valence-corrected chi connectivity index (χ1v) is 6.93. The van der Waals surface area contributed by atoms with E-state index in [0.717, 1.165) is 12.8 Å². The number of nitrogens with two attached hydrogens (primary N) is 1. The molecule has 0 radical (unpaired) electrons. The average Bonchev–Trinajstić information content (AvgIpc) is 3.29. The molecule has 1 aromatic rings. The summed E-state index contributed by atoms with van der Waals surface area (Å²) in [5, 5.41) is 7.45. The molecule has 5 N–H and O–H groups in total. The second-order valence-corrected chi connectivity index (χ2v) is 5.20. The third-order valence-electron chi connectivity index (χ3n) is 3.10. The Morgan fingerprint density at radius 1 is 1.30 bits per heavy atom. The van der Waals surface area contributed by atoms with Crippen molar-refractivity contribution >= 4 is 30.0 Å². The molecule has 128 valence electrons. The van der Waals surface area contributed by atoms with Crippen LogP contribution in [0.25, 0.3) is 0 Å². The number of urea groups is 1. The van der Waals surface area contributed by atoms with Gasteiger partial charge in [0.15, 0.2) is 0 Å². The molecule has 0 atom stereocenters. The average molecular weight is 349 g/mol. The van der Waals surface area contributed by atoms with E-state index in [1.165, 1.54) is 12.1 Å². The molecule has 9 heteroatoms. The Kier molecular flexibility index (Phi) is 6.71. The van der Waals surface area contributed by atoms with E-state index >= 15 is 0 Å². The van der Waals surface area contributed by atoms with Gasteiger partial charge in [0.05, 0.1) is 13.1 Å². The maximum Gasteiger partial charge on any atom is 0.319 e. The first-order valence-electron chi connectivity index (χ1n) is 6.93. The number of rotatable bonds is 6. The lowest BCUT2D eigenvalue weighted by molar-refractivity contribution is 0.0118. The zero-order chi connectivity index (χ0) is 16.2. The highest BCUT2D eigenvalue weighted by molar-refractivity contribution is 5.97. The number of amides is 3. The van der Waals surface area contributed by atoms with E-state index in [-0.39, 0.29) is 30.0 Å².